The first kappa shape index (κ1) is 15.2. The van der Waals surface area contributed by atoms with Crippen molar-refractivity contribution in [3.8, 4) is 0 Å². The first-order valence-electron chi connectivity index (χ1n) is 6.69. The Kier molecular flexibility index (Phi) is 5.28. The lowest BCUT2D eigenvalue weighted by molar-refractivity contribution is -0.132. The molecule has 1 saturated heterocycles. The molecule has 0 saturated carbocycles. The molecule has 2 heterocycles. The van der Waals surface area contributed by atoms with Gasteiger partial charge in [0.25, 0.3) is 0 Å². The van der Waals surface area contributed by atoms with Crippen molar-refractivity contribution in [1.82, 2.24) is 20.2 Å². The van der Waals surface area contributed by atoms with Gasteiger partial charge in [-0.05, 0) is 19.9 Å². The Balaban J connectivity index is 2.10. The van der Waals surface area contributed by atoms with Crippen LogP contribution in [-0.2, 0) is 16.1 Å². The average molecular weight is 299 g/mol. The maximum absolute atomic E-state index is 12.0. The fraction of sp³-hybridized carbons (Fsp3) is 0.615. The summed E-state index contributed by atoms with van der Waals surface area (Å²) in [5.74, 6) is 0.608. The molecule has 1 amide bonds. The first-order chi connectivity index (χ1) is 9.60. The van der Waals surface area contributed by atoms with Gasteiger partial charge in [-0.3, -0.25) is 9.69 Å². The highest BCUT2D eigenvalue weighted by atomic mass is 35.5. The molecule has 0 aromatic carbocycles. The highest BCUT2D eigenvalue weighted by Gasteiger charge is 2.29. The lowest BCUT2D eigenvalue weighted by Gasteiger charge is -2.33. The second-order valence-electron chi connectivity index (χ2n) is 4.70. The number of halogens is 1. The number of likely N-dealkylation sites (N-methyl/N-ethyl adjacent to an activating group) is 1. The summed E-state index contributed by atoms with van der Waals surface area (Å²) in [5.41, 5.74) is 0.822. The smallest absolute Gasteiger partial charge is 0.239 e. The summed E-state index contributed by atoms with van der Waals surface area (Å²) < 4.78 is 5.40. The van der Waals surface area contributed by atoms with E-state index in [1.807, 2.05) is 18.7 Å². The van der Waals surface area contributed by atoms with E-state index in [9.17, 15) is 4.79 Å². The van der Waals surface area contributed by atoms with E-state index in [0.29, 0.717) is 43.8 Å². The SMILES string of the molecule is CCNC(=O)C1COCCN1Cc1nc(C)cc(Cl)n1. The third kappa shape index (κ3) is 3.88. The molecule has 6 nitrogen and oxygen atoms in total. The summed E-state index contributed by atoms with van der Waals surface area (Å²) in [6.07, 6.45) is 0. The van der Waals surface area contributed by atoms with Gasteiger partial charge in [-0.25, -0.2) is 9.97 Å². The van der Waals surface area contributed by atoms with Crippen molar-refractivity contribution >= 4 is 17.5 Å². The maximum Gasteiger partial charge on any atom is 0.239 e. The molecule has 0 radical (unpaired) electrons. The number of carbonyl (C=O) groups is 1. The molecule has 2 rings (SSSR count). The van der Waals surface area contributed by atoms with E-state index in [2.05, 4.69) is 15.3 Å². The van der Waals surface area contributed by atoms with E-state index in [4.69, 9.17) is 16.3 Å². The van der Waals surface area contributed by atoms with Crippen LogP contribution in [0.4, 0.5) is 0 Å². The van der Waals surface area contributed by atoms with E-state index in [1.165, 1.54) is 0 Å². The van der Waals surface area contributed by atoms with Crippen LogP contribution < -0.4 is 5.32 Å². The normalized spacial score (nSPS) is 19.9. The number of morpholine rings is 1. The van der Waals surface area contributed by atoms with Crippen LogP contribution in [0.3, 0.4) is 0 Å². The summed E-state index contributed by atoms with van der Waals surface area (Å²) in [6, 6.07) is 1.41. The van der Waals surface area contributed by atoms with Crippen molar-refractivity contribution in [3.63, 3.8) is 0 Å². The van der Waals surface area contributed by atoms with Gasteiger partial charge in [0.05, 0.1) is 19.8 Å². The minimum absolute atomic E-state index is 0.0223. The number of nitrogens with one attached hydrogen (secondary N) is 1. The Bertz CT molecular complexity index is 463. The summed E-state index contributed by atoms with van der Waals surface area (Å²) in [7, 11) is 0. The van der Waals surface area contributed by atoms with Crippen LogP contribution in [0.1, 0.15) is 18.4 Å². The Morgan fingerprint density at radius 1 is 1.60 bits per heavy atom. The van der Waals surface area contributed by atoms with Gasteiger partial charge in [-0.1, -0.05) is 11.6 Å². The minimum Gasteiger partial charge on any atom is -0.378 e. The number of hydrogen-bond donors (Lipinski definition) is 1. The second kappa shape index (κ2) is 6.97. The molecule has 0 spiro atoms. The number of rotatable bonds is 4. The molecule has 1 aromatic heterocycles. The number of amides is 1. The standard InChI is InChI=1S/C13H19ClN4O2/c1-3-15-13(19)10-8-20-5-4-18(10)7-12-16-9(2)6-11(14)17-12/h6,10H,3-5,7-8H2,1-2H3,(H,15,19). The van der Waals surface area contributed by atoms with Crippen molar-refractivity contribution in [3.05, 3.63) is 22.7 Å². The Morgan fingerprint density at radius 2 is 2.40 bits per heavy atom. The van der Waals surface area contributed by atoms with Gasteiger partial charge in [0.2, 0.25) is 5.91 Å². The zero-order valence-corrected chi connectivity index (χ0v) is 12.5. The van der Waals surface area contributed by atoms with E-state index < -0.39 is 0 Å². The van der Waals surface area contributed by atoms with Gasteiger partial charge in [0.1, 0.15) is 17.0 Å². The van der Waals surface area contributed by atoms with Gasteiger partial charge in [0.15, 0.2) is 0 Å². The topological polar surface area (TPSA) is 67.3 Å². The fourth-order valence-corrected chi connectivity index (χ4v) is 2.46. The largest absolute Gasteiger partial charge is 0.378 e. The van der Waals surface area contributed by atoms with Crippen LogP contribution in [0.2, 0.25) is 5.15 Å². The van der Waals surface area contributed by atoms with Crippen LogP contribution in [0, 0.1) is 6.92 Å². The number of carbonyl (C=O) groups excluding carboxylic acids is 1. The number of nitrogens with zero attached hydrogens (tertiary/aromatic N) is 3. The molecule has 20 heavy (non-hydrogen) atoms. The quantitative estimate of drug-likeness (QED) is 0.832. The van der Waals surface area contributed by atoms with Crippen LogP contribution in [-0.4, -0.2) is 53.1 Å². The van der Waals surface area contributed by atoms with Crippen molar-refractivity contribution in [2.24, 2.45) is 0 Å². The van der Waals surface area contributed by atoms with Gasteiger partial charge < -0.3 is 10.1 Å². The van der Waals surface area contributed by atoms with E-state index in [-0.39, 0.29) is 11.9 Å². The maximum atomic E-state index is 12.0. The van der Waals surface area contributed by atoms with Gasteiger partial charge >= 0.3 is 0 Å². The molecule has 0 aliphatic carbocycles. The summed E-state index contributed by atoms with van der Waals surface area (Å²) in [4.78, 5) is 22.6. The Morgan fingerprint density at radius 3 is 3.10 bits per heavy atom. The summed E-state index contributed by atoms with van der Waals surface area (Å²) in [6.45, 7) is 6.55. The molecule has 0 bridgehead atoms. The molecule has 110 valence electrons. The molecule has 1 aliphatic heterocycles. The number of hydrogen-bond acceptors (Lipinski definition) is 5. The fourth-order valence-electron chi connectivity index (χ4n) is 2.20. The number of aryl methyl sites for hydroxylation is 1. The van der Waals surface area contributed by atoms with Gasteiger partial charge in [0, 0.05) is 18.8 Å². The molecule has 7 heteroatoms. The van der Waals surface area contributed by atoms with Gasteiger partial charge in [-0.15, -0.1) is 0 Å². The zero-order chi connectivity index (χ0) is 14.5. The molecule has 1 N–H and O–H groups in total. The highest BCUT2D eigenvalue weighted by Crippen LogP contribution is 2.13. The van der Waals surface area contributed by atoms with E-state index in [0.717, 1.165) is 5.69 Å². The minimum atomic E-state index is -0.299. The van der Waals surface area contributed by atoms with Crippen LogP contribution in [0.25, 0.3) is 0 Å². The monoisotopic (exact) mass is 298 g/mol. The average Bonchev–Trinajstić information content (AvgIpc) is 2.38. The molecule has 1 fully saturated rings. The first-order valence-corrected chi connectivity index (χ1v) is 7.07. The van der Waals surface area contributed by atoms with E-state index in [1.54, 1.807) is 6.07 Å². The molecule has 1 unspecified atom stereocenters. The zero-order valence-electron chi connectivity index (χ0n) is 11.7. The Hall–Kier alpha value is -1.24. The van der Waals surface area contributed by atoms with Crippen molar-refractivity contribution in [1.29, 1.82) is 0 Å². The lowest BCUT2D eigenvalue weighted by atomic mass is 10.2. The molecule has 1 aliphatic rings. The van der Waals surface area contributed by atoms with Gasteiger partial charge in [-0.2, -0.15) is 0 Å². The third-order valence-corrected chi connectivity index (χ3v) is 3.30. The van der Waals surface area contributed by atoms with E-state index >= 15 is 0 Å². The lowest BCUT2D eigenvalue weighted by Crippen LogP contribution is -2.53. The van der Waals surface area contributed by atoms with Crippen molar-refractivity contribution < 1.29 is 9.53 Å². The van der Waals surface area contributed by atoms with Crippen LogP contribution in [0.15, 0.2) is 6.07 Å². The molecular weight excluding hydrogens is 280 g/mol. The van der Waals surface area contributed by atoms with Crippen LogP contribution >= 0.6 is 11.6 Å². The molecule has 1 atom stereocenters. The van der Waals surface area contributed by atoms with Crippen molar-refractivity contribution in [2.45, 2.75) is 26.4 Å². The summed E-state index contributed by atoms with van der Waals surface area (Å²) >= 11 is 5.94. The molecular formula is C13H19ClN4O2. The van der Waals surface area contributed by atoms with Crippen LogP contribution in [0.5, 0.6) is 0 Å². The predicted molar refractivity (Wildman–Crippen MR) is 75.5 cm³/mol. The predicted octanol–water partition coefficient (Wildman–Crippen LogP) is 0.775. The highest BCUT2D eigenvalue weighted by molar-refractivity contribution is 6.29. The summed E-state index contributed by atoms with van der Waals surface area (Å²) in [5, 5.41) is 3.25. The Labute approximate surface area is 123 Å². The third-order valence-electron chi connectivity index (χ3n) is 3.11. The number of ether oxygens (including phenoxy) is 1. The molecule has 1 aromatic rings. The van der Waals surface area contributed by atoms with Crippen molar-refractivity contribution in [2.75, 3.05) is 26.3 Å². The second-order valence-corrected chi connectivity index (χ2v) is 5.09. The number of aromatic nitrogens is 2.